The summed E-state index contributed by atoms with van der Waals surface area (Å²) in [4.78, 5) is 22.6. The second-order valence-electron chi connectivity index (χ2n) is 5.28. The van der Waals surface area contributed by atoms with Crippen molar-refractivity contribution in [1.82, 2.24) is 19.4 Å². The van der Waals surface area contributed by atoms with Gasteiger partial charge in [0, 0.05) is 51.0 Å². The van der Waals surface area contributed by atoms with E-state index in [1.165, 1.54) is 4.57 Å². The van der Waals surface area contributed by atoms with E-state index in [1.807, 2.05) is 5.51 Å². The van der Waals surface area contributed by atoms with Crippen LogP contribution in [0.4, 0.5) is 5.82 Å². The van der Waals surface area contributed by atoms with Crippen molar-refractivity contribution in [3.05, 3.63) is 39.3 Å². The van der Waals surface area contributed by atoms with Crippen LogP contribution in [0.25, 0.3) is 0 Å². The molecule has 2 aromatic heterocycles. The maximum absolute atomic E-state index is 11.9. The summed E-state index contributed by atoms with van der Waals surface area (Å²) in [5.74, 6) is 0.366. The number of nitrogens with one attached hydrogen (secondary N) is 1. The predicted octanol–water partition coefficient (Wildman–Crippen LogP) is 0.550. The fourth-order valence-electron chi connectivity index (χ4n) is 2.42. The zero-order chi connectivity index (χ0) is 15.4. The van der Waals surface area contributed by atoms with Crippen molar-refractivity contribution in [1.29, 1.82) is 0 Å². The van der Waals surface area contributed by atoms with Crippen LogP contribution in [0.15, 0.2) is 28.1 Å². The Bertz CT molecular complexity index is 658. The maximum atomic E-state index is 11.9. The smallest absolute Gasteiger partial charge is 0.293 e. The van der Waals surface area contributed by atoms with Crippen molar-refractivity contribution in [2.75, 3.05) is 31.6 Å². The predicted molar refractivity (Wildman–Crippen MR) is 85.1 cm³/mol. The summed E-state index contributed by atoms with van der Waals surface area (Å²) in [6, 6.07) is 0. The molecule has 1 atom stereocenters. The molecule has 0 saturated carbocycles. The zero-order valence-corrected chi connectivity index (χ0v) is 13.3. The lowest BCUT2D eigenvalue weighted by Gasteiger charge is -2.32. The fourth-order valence-corrected chi connectivity index (χ4v) is 2.97. The number of thiazole rings is 1. The van der Waals surface area contributed by atoms with E-state index in [-0.39, 0.29) is 11.7 Å². The van der Waals surface area contributed by atoms with Gasteiger partial charge in [0.15, 0.2) is 5.82 Å². The molecule has 0 radical (unpaired) electrons. The van der Waals surface area contributed by atoms with Crippen molar-refractivity contribution >= 4 is 17.2 Å². The van der Waals surface area contributed by atoms with Gasteiger partial charge in [0.25, 0.3) is 5.56 Å². The zero-order valence-electron chi connectivity index (χ0n) is 12.4. The van der Waals surface area contributed by atoms with Gasteiger partial charge in [-0.25, -0.2) is 9.97 Å². The second-order valence-corrected chi connectivity index (χ2v) is 6.00. The molecule has 1 N–H and O–H groups in total. The van der Waals surface area contributed by atoms with Gasteiger partial charge in [0.05, 0.1) is 23.9 Å². The molecule has 0 bridgehead atoms. The molecule has 2 aromatic rings. The van der Waals surface area contributed by atoms with Crippen LogP contribution in [-0.4, -0.2) is 51.8 Å². The van der Waals surface area contributed by atoms with Gasteiger partial charge < -0.3 is 14.6 Å². The van der Waals surface area contributed by atoms with E-state index in [1.54, 1.807) is 30.8 Å². The van der Waals surface area contributed by atoms with E-state index in [4.69, 9.17) is 4.74 Å². The van der Waals surface area contributed by atoms with E-state index in [0.717, 1.165) is 25.3 Å². The molecule has 0 unspecified atom stereocenters. The van der Waals surface area contributed by atoms with E-state index in [0.29, 0.717) is 19.0 Å². The summed E-state index contributed by atoms with van der Waals surface area (Å²) in [7, 11) is 1.71. The summed E-state index contributed by atoms with van der Waals surface area (Å²) < 4.78 is 7.27. The van der Waals surface area contributed by atoms with Crippen molar-refractivity contribution in [2.24, 2.45) is 7.05 Å². The number of hydrogen-bond donors (Lipinski definition) is 1. The quantitative estimate of drug-likeness (QED) is 0.867. The normalized spacial score (nSPS) is 19.2. The second kappa shape index (κ2) is 6.99. The minimum absolute atomic E-state index is 0.0408. The van der Waals surface area contributed by atoms with Crippen molar-refractivity contribution in [3.63, 3.8) is 0 Å². The Balaban J connectivity index is 1.54. The highest BCUT2D eigenvalue weighted by Gasteiger charge is 2.21. The number of hydrogen-bond acceptors (Lipinski definition) is 7. The maximum Gasteiger partial charge on any atom is 0.293 e. The molecule has 1 aliphatic rings. The van der Waals surface area contributed by atoms with E-state index in [9.17, 15) is 4.79 Å². The molecule has 3 rings (SSSR count). The molecule has 0 aromatic carbocycles. The van der Waals surface area contributed by atoms with E-state index in [2.05, 4.69) is 25.6 Å². The van der Waals surface area contributed by atoms with E-state index >= 15 is 0 Å². The minimum Gasteiger partial charge on any atom is -0.374 e. The molecular weight excluding hydrogens is 302 g/mol. The third-order valence-electron chi connectivity index (χ3n) is 3.61. The Morgan fingerprint density at radius 1 is 1.50 bits per heavy atom. The van der Waals surface area contributed by atoms with E-state index < -0.39 is 0 Å². The summed E-state index contributed by atoms with van der Waals surface area (Å²) in [5, 5.41) is 5.16. The van der Waals surface area contributed by atoms with Crippen LogP contribution in [0, 0.1) is 0 Å². The van der Waals surface area contributed by atoms with Crippen LogP contribution >= 0.6 is 11.3 Å². The highest BCUT2D eigenvalue weighted by molar-refractivity contribution is 7.07. The van der Waals surface area contributed by atoms with Crippen LogP contribution in [0.1, 0.15) is 5.69 Å². The van der Waals surface area contributed by atoms with Crippen LogP contribution in [0.3, 0.4) is 0 Å². The molecule has 22 heavy (non-hydrogen) atoms. The monoisotopic (exact) mass is 321 g/mol. The number of ether oxygens (including phenoxy) is 1. The molecule has 0 spiro atoms. The first-order valence-electron chi connectivity index (χ1n) is 7.19. The lowest BCUT2D eigenvalue weighted by Crippen LogP contribution is -2.45. The van der Waals surface area contributed by atoms with Crippen molar-refractivity contribution in [2.45, 2.75) is 12.6 Å². The van der Waals surface area contributed by atoms with Gasteiger partial charge >= 0.3 is 0 Å². The number of aromatic nitrogens is 3. The van der Waals surface area contributed by atoms with Crippen molar-refractivity contribution < 1.29 is 4.74 Å². The van der Waals surface area contributed by atoms with Gasteiger partial charge in [0.2, 0.25) is 0 Å². The molecule has 1 fully saturated rings. The molecular formula is C14H19N5O2S. The molecule has 3 heterocycles. The Labute approximate surface area is 132 Å². The van der Waals surface area contributed by atoms with Crippen LogP contribution < -0.4 is 10.9 Å². The number of morpholine rings is 1. The summed E-state index contributed by atoms with van der Waals surface area (Å²) in [6.07, 6.45) is 3.29. The lowest BCUT2D eigenvalue weighted by molar-refractivity contribution is -0.0244. The van der Waals surface area contributed by atoms with Crippen LogP contribution in [0.2, 0.25) is 0 Å². The first-order valence-corrected chi connectivity index (χ1v) is 8.13. The van der Waals surface area contributed by atoms with Gasteiger partial charge in [-0.15, -0.1) is 11.3 Å². The summed E-state index contributed by atoms with van der Waals surface area (Å²) >= 11 is 1.61. The number of aryl methyl sites for hydroxylation is 1. The first kappa shape index (κ1) is 15.1. The number of anilines is 1. The Morgan fingerprint density at radius 2 is 2.41 bits per heavy atom. The van der Waals surface area contributed by atoms with Gasteiger partial charge in [-0.05, 0) is 0 Å². The Hall–Kier alpha value is -1.77. The molecule has 118 valence electrons. The summed E-state index contributed by atoms with van der Waals surface area (Å²) in [6.45, 7) is 3.82. The van der Waals surface area contributed by atoms with Gasteiger partial charge in [-0.1, -0.05) is 0 Å². The number of nitrogens with zero attached hydrogens (tertiary/aromatic N) is 4. The lowest BCUT2D eigenvalue weighted by atomic mass is 10.2. The third kappa shape index (κ3) is 3.70. The molecule has 0 aliphatic carbocycles. The Kier molecular flexibility index (Phi) is 4.81. The molecule has 7 nitrogen and oxygen atoms in total. The molecule has 8 heteroatoms. The third-order valence-corrected chi connectivity index (χ3v) is 4.24. The SMILES string of the molecule is Cn1ccnc(NC[C@@H]2CN(Cc3cscn3)CCO2)c1=O. The fraction of sp³-hybridized carbons (Fsp3) is 0.500. The highest BCUT2D eigenvalue weighted by Crippen LogP contribution is 2.11. The summed E-state index contributed by atoms with van der Waals surface area (Å²) in [5.41, 5.74) is 2.82. The minimum atomic E-state index is -0.127. The standard InChI is InChI=1S/C14H19N5O2S/c1-18-3-2-15-13(14(18)20)16-6-12-8-19(4-5-21-12)7-11-9-22-10-17-11/h2-3,9-10,12H,4-8H2,1H3,(H,15,16)/t12-/m1/s1. The van der Waals surface area contributed by atoms with Crippen LogP contribution in [-0.2, 0) is 18.3 Å². The van der Waals surface area contributed by atoms with Crippen LogP contribution in [0.5, 0.6) is 0 Å². The largest absolute Gasteiger partial charge is 0.374 e. The van der Waals surface area contributed by atoms with Gasteiger partial charge in [-0.3, -0.25) is 9.69 Å². The molecule has 1 saturated heterocycles. The van der Waals surface area contributed by atoms with Gasteiger partial charge in [0.1, 0.15) is 0 Å². The molecule has 1 aliphatic heterocycles. The average Bonchev–Trinajstić information content (AvgIpc) is 3.02. The number of rotatable bonds is 5. The van der Waals surface area contributed by atoms with Gasteiger partial charge in [-0.2, -0.15) is 0 Å². The highest BCUT2D eigenvalue weighted by atomic mass is 32.1. The topological polar surface area (TPSA) is 72.3 Å². The molecule has 0 amide bonds. The first-order chi connectivity index (χ1) is 10.7. The average molecular weight is 321 g/mol. The van der Waals surface area contributed by atoms with Crippen molar-refractivity contribution in [3.8, 4) is 0 Å². The Morgan fingerprint density at radius 3 is 3.23 bits per heavy atom.